The lowest BCUT2D eigenvalue weighted by Crippen LogP contribution is -2.48. The summed E-state index contributed by atoms with van der Waals surface area (Å²) >= 11 is 0. The Bertz CT molecular complexity index is 217. The summed E-state index contributed by atoms with van der Waals surface area (Å²) in [5.74, 6) is 0.502. The molecule has 0 fully saturated rings. The molecule has 1 N–H and O–H groups in total. The number of nitrogens with zero attached hydrogens (tertiary/aromatic N) is 1. The van der Waals surface area contributed by atoms with Crippen LogP contribution in [0.15, 0.2) is 0 Å². The molecule has 4 heteroatoms. The van der Waals surface area contributed by atoms with Gasteiger partial charge in [-0.25, -0.2) is 0 Å². The maximum absolute atomic E-state index is 11.6. The van der Waals surface area contributed by atoms with Gasteiger partial charge in [0.2, 0.25) is 0 Å². The molecule has 0 bridgehead atoms. The number of nitrogens with one attached hydrogen (secondary N) is 1. The van der Waals surface area contributed by atoms with E-state index in [2.05, 4.69) is 24.1 Å². The van der Waals surface area contributed by atoms with Gasteiger partial charge in [0.15, 0.2) is 0 Å². The molecule has 0 aromatic heterocycles. The lowest BCUT2D eigenvalue weighted by molar-refractivity contribution is -0.143. The second-order valence-electron chi connectivity index (χ2n) is 5.34. The zero-order valence-electron chi connectivity index (χ0n) is 12.1. The molecule has 1 unspecified atom stereocenters. The quantitative estimate of drug-likeness (QED) is 0.657. The van der Waals surface area contributed by atoms with E-state index in [9.17, 15) is 4.79 Å². The van der Waals surface area contributed by atoms with Crippen molar-refractivity contribution in [3.05, 3.63) is 0 Å². The first-order chi connectivity index (χ1) is 7.86. The highest BCUT2D eigenvalue weighted by molar-refractivity contribution is 5.75. The molecular weight excluding hydrogens is 216 g/mol. The molecule has 4 nitrogen and oxygen atoms in total. The summed E-state index contributed by atoms with van der Waals surface area (Å²) in [5, 5.41) is 3.23. The normalized spacial score (nSPS) is 13.5. The highest BCUT2D eigenvalue weighted by atomic mass is 16.5. The first-order valence-electron chi connectivity index (χ1n) is 6.39. The van der Waals surface area contributed by atoms with E-state index >= 15 is 0 Å². The van der Waals surface area contributed by atoms with Gasteiger partial charge in [0, 0.05) is 12.6 Å². The molecule has 0 spiro atoms. The molecule has 0 aliphatic carbocycles. The molecule has 1 atom stereocenters. The summed E-state index contributed by atoms with van der Waals surface area (Å²) in [6.45, 7) is 10.2. The van der Waals surface area contributed by atoms with E-state index in [0.717, 1.165) is 13.0 Å². The maximum atomic E-state index is 11.6. The minimum Gasteiger partial charge on any atom is -0.468 e. The summed E-state index contributed by atoms with van der Waals surface area (Å²) in [5.41, 5.74) is 0. The second kappa shape index (κ2) is 8.48. The van der Waals surface area contributed by atoms with Crippen LogP contribution in [0.3, 0.4) is 0 Å². The van der Waals surface area contributed by atoms with Crippen molar-refractivity contribution >= 4 is 5.97 Å². The van der Waals surface area contributed by atoms with Crippen molar-refractivity contribution in [2.45, 2.75) is 46.2 Å². The van der Waals surface area contributed by atoms with E-state index in [1.54, 1.807) is 0 Å². The van der Waals surface area contributed by atoms with E-state index in [1.807, 2.05) is 20.9 Å². The smallest absolute Gasteiger partial charge is 0.324 e. The number of methoxy groups -OCH3 is 1. The topological polar surface area (TPSA) is 41.6 Å². The highest BCUT2D eigenvalue weighted by Crippen LogP contribution is 2.02. The first-order valence-corrected chi connectivity index (χ1v) is 6.39. The minimum absolute atomic E-state index is 0.185. The third-order valence-corrected chi connectivity index (χ3v) is 2.60. The number of hydrogen-bond donors (Lipinski definition) is 1. The van der Waals surface area contributed by atoms with Gasteiger partial charge in [0.05, 0.1) is 7.11 Å². The molecule has 0 aromatic rings. The molecule has 0 amide bonds. The van der Waals surface area contributed by atoms with Gasteiger partial charge in [0.25, 0.3) is 0 Å². The van der Waals surface area contributed by atoms with Gasteiger partial charge >= 0.3 is 5.97 Å². The Morgan fingerprint density at radius 1 is 1.29 bits per heavy atom. The Hall–Kier alpha value is -0.610. The first kappa shape index (κ1) is 16.4. The molecule has 0 saturated carbocycles. The summed E-state index contributed by atoms with van der Waals surface area (Å²) in [4.78, 5) is 13.8. The van der Waals surface area contributed by atoms with E-state index in [-0.39, 0.29) is 18.1 Å². The number of carbonyl (C=O) groups excluding carboxylic acids is 1. The molecule has 0 saturated heterocycles. The van der Waals surface area contributed by atoms with Crippen LogP contribution in [-0.2, 0) is 9.53 Å². The molecule has 0 aliphatic heterocycles. The van der Waals surface area contributed by atoms with Gasteiger partial charge in [0.1, 0.15) is 6.04 Å². The van der Waals surface area contributed by atoms with Crippen molar-refractivity contribution in [2.24, 2.45) is 5.92 Å². The number of ether oxygens (including phenoxy) is 1. The second-order valence-corrected chi connectivity index (χ2v) is 5.34. The van der Waals surface area contributed by atoms with Gasteiger partial charge < -0.3 is 15.0 Å². The van der Waals surface area contributed by atoms with Gasteiger partial charge in [-0.15, -0.1) is 0 Å². The van der Waals surface area contributed by atoms with Gasteiger partial charge in [-0.2, -0.15) is 0 Å². The third kappa shape index (κ3) is 8.16. The highest BCUT2D eigenvalue weighted by Gasteiger charge is 2.21. The standard InChI is InChI=1S/C13H28N2O2/c1-10(2)7-8-15(5)9-12(13(16)17-6)14-11(3)4/h10-12,14H,7-9H2,1-6H3. The largest absolute Gasteiger partial charge is 0.468 e. The lowest BCUT2D eigenvalue weighted by atomic mass is 10.1. The number of carbonyl (C=O) groups is 1. The van der Waals surface area contributed by atoms with Gasteiger partial charge in [-0.05, 0) is 25.9 Å². The Kier molecular flexibility index (Phi) is 8.17. The SMILES string of the molecule is COC(=O)C(CN(C)CCC(C)C)NC(C)C. The van der Waals surface area contributed by atoms with E-state index in [0.29, 0.717) is 12.5 Å². The van der Waals surface area contributed by atoms with Crippen LogP contribution >= 0.6 is 0 Å². The fourth-order valence-corrected chi connectivity index (χ4v) is 1.62. The molecule has 0 aromatic carbocycles. The average Bonchev–Trinajstić information content (AvgIpc) is 2.23. The third-order valence-electron chi connectivity index (χ3n) is 2.60. The predicted octanol–water partition coefficient (Wildman–Crippen LogP) is 1.50. The molecule has 0 aliphatic rings. The van der Waals surface area contributed by atoms with Crippen LogP contribution in [0.5, 0.6) is 0 Å². The van der Waals surface area contributed by atoms with Crippen LogP contribution in [0.2, 0.25) is 0 Å². The molecule has 0 radical (unpaired) electrons. The number of esters is 1. The Balaban J connectivity index is 4.17. The fourth-order valence-electron chi connectivity index (χ4n) is 1.62. The van der Waals surface area contributed by atoms with E-state index < -0.39 is 0 Å². The van der Waals surface area contributed by atoms with Crippen molar-refractivity contribution < 1.29 is 9.53 Å². The maximum Gasteiger partial charge on any atom is 0.324 e. The van der Waals surface area contributed by atoms with Crippen molar-refractivity contribution in [1.29, 1.82) is 0 Å². The van der Waals surface area contributed by atoms with Crippen LogP contribution in [0, 0.1) is 5.92 Å². The molecule has 102 valence electrons. The summed E-state index contributed by atoms with van der Waals surface area (Å²) in [7, 11) is 3.48. The van der Waals surface area contributed by atoms with Crippen molar-refractivity contribution in [3.63, 3.8) is 0 Å². The van der Waals surface area contributed by atoms with Crippen LogP contribution in [-0.4, -0.2) is 50.2 Å². The average molecular weight is 244 g/mol. The summed E-state index contributed by atoms with van der Waals surface area (Å²) < 4.78 is 4.81. The lowest BCUT2D eigenvalue weighted by Gasteiger charge is -2.25. The van der Waals surface area contributed by atoms with E-state index in [1.165, 1.54) is 7.11 Å². The predicted molar refractivity (Wildman–Crippen MR) is 71.0 cm³/mol. The fraction of sp³-hybridized carbons (Fsp3) is 0.923. The van der Waals surface area contributed by atoms with Crippen molar-refractivity contribution in [1.82, 2.24) is 10.2 Å². The Morgan fingerprint density at radius 2 is 1.88 bits per heavy atom. The van der Waals surface area contributed by atoms with Crippen LogP contribution < -0.4 is 5.32 Å². The minimum atomic E-state index is -0.239. The summed E-state index contributed by atoms with van der Waals surface area (Å²) in [6, 6.07) is 0.0368. The molecular formula is C13H28N2O2. The molecule has 0 rings (SSSR count). The molecule has 17 heavy (non-hydrogen) atoms. The van der Waals surface area contributed by atoms with Crippen molar-refractivity contribution in [3.8, 4) is 0 Å². The molecule has 0 heterocycles. The number of hydrogen-bond acceptors (Lipinski definition) is 4. The Morgan fingerprint density at radius 3 is 2.29 bits per heavy atom. The zero-order chi connectivity index (χ0) is 13.4. The van der Waals surface area contributed by atoms with Crippen LogP contribution in [0.25, 0.3) is 0 Å². The zero-order valence-corrected chi connectivity index (χ0v) is 12.1. The number of rotatable bonds is 8. The van der Waals surface area contributed by atoms with E-state index in [4.69, 9.17) is 4.74 Å². The summed E-state index contributed by atoms with van der Waals surface area (Å²) in [6.07, 6.45) is 1.14. The number of likely N-dealkylation sites (N-methyl/N-ethyl adjacent to an activating group) is 1. The monoisotopic (exact) mass is 244 g/mol. The van der Waals surface area contributed by atoms with Gasteiger partial charge in [-0.3, -0.25) is 4.79 Å². The van der Waals surface area contributed by atoms with Gasteiger partial charge in [-0.1, -0.05) is 27.7 Å². The Labute approximate surface area is 106 Å². The van der Waals surface area contributed by atoms with Crippen LogP contribution in [0.1, 0.15) is 34.1 Å². The van der Waals surface area contributed by atoms with Crippen molar-refractivity contribution in [2.75, 3.05) is 27.2 Å². The van der Waals surface area contributed by atoms with Crippen LogP contribution in [0.4, 0.5) is 0 Å².